The van der Waals surface area contributed by atoms with Crippen LogP contribution in [0.15, 0.2) is 23.4 Å². The third-order valence-corrected chi connectivity index (χ3v) is 5.07. The maximum absolute atomic E-state index is 12.5. The first-order chi connectivity index (χ1) is 10.2. The van der Waals surface area contributed by atoms with Crippen molar-refractivity contribution in [1.82, 2.24) is 19.9 Å². The number of H-pyrrole nitrogens is 1. The molecule has 0 bridgehead atoms. The molecule has 10 heteroatoms. The zero-order valence-electron chi connectivity index (χ0n) is 11.7. The molecule has 2 rings (SSSR count). The van der Waals surface area contributed by atoms with Gasteiger partial charge in [0, 0.05) is 5.02 Å². The molecule has 0 aliphatic heterocycles. The molecule has 3 N–H and O–H groups in total. The highest BCUT2D eigenvalue weighted by atomic mass is 35.5. The van der Waals surface area contributed by atoms with Crippen molar-refractivity contribution in [2.45, 2.75) is 24.8 Å². The van der Waals surface area contributed by atoms with Crippen LogP contribution in [-0.2, 0) is 10.0 Å². The number of carboxylic acids is 1. The predicted molar refractivity (Wildman–Crippen MR) is 78.3 cm³/mol. The monoisotopic (exact) mass is 344 g/mol. The Morgan fingerprint density at radius 1 is 1.45 bits per heavy atom. The molecule has 118 valence electrons. The highest BCUT2D eigenvalue weighted by Crippen LogP contribution is 2.26. The van der Waals surface area contributed by atoms with Gasteiger partial charge in [0.05, 0.1) is 16.5 Å². The second-order valence-electron chi connectivity index (χ2n) is 4.60. The number of nitrogens with one attached hydrogen (secondary N) is 2. The lowest BCUT2D eigenvalue weighted by molar-refractivity contribution is 0.0696. The number of halogens is 1. The van der Waals surface area contributed by atoms with Gasteiger partial charge in [-0.25, -0.2) is 22.9 Å². The number of nitrogens with zero attached hydrogens (tertiary/aromatic N) is 2. The van der Waals surface area contributed by atoms with Crippen LogP contribution in [0.1, 0.15) is 34.7 Å². The third kappa shape index (κ3) is 3.26. The zero-order valence-corrected chi connectivity index (χ0v) is 13.2. The summed E-state index contributed by atoms with van der Waals surface area (Å²) in [6.07, 6.45) is 1.26. The van der Waals surface area contributed by atoms with Gasteiger partial charge in [0.15, 0.2) is 0 Å². The van der Waals surface area contributed by atoms with E-state index in [1.165, 1.54) is 19.3 Å². The number of hydrogen-bond acceptors (Lipinski definition) is 5. The fourth-order valence-electron chi connectivity index (χ4n) is 1.83. The van der Waals surface area contributed by atoms with Gasteiger partial charge in [0.25, 0.3) is 0 Å². The van der Waals surface area contributed by atoms with E-state index < -0.39 is 22.0 Å². The van der Waals surface area contributed by atoms with E-state index in [0.29, 0.717) is 5.82 Å². The van der Waals surface area contributed by atoms with Gasteiger partial charge >= 0.3 is 5.97 Å². The average molecular weight is 345 g/mol. The van der Waals surface area contributed by atoms with E-state index in [9.17, 15) is 13.2 Å². The lowest BCUT2D eigenvalue weighted by Gasteiger charge is -2.14. The summed E-state index contributed by atoms with van der Waals surface area (Å²) < 4.78 is 27.3. The normalized spacial score (nSPS) is 13.0. The Kier molecular flexibility index (Phi) is 4.50. The molecule has 0 fully saturated rings. The van der Waals surface area contributed by atoms with Gasteiger partial charge in [0.1, 0.15) is 12.2 Å². The lowest BCUT2D eigenvalue weighted by atomic mass is 10.1. The summed E-state index contributed by atoms with van der Waals surface area (Å²) in [7, 11) is -3.98. The van der Waals surface area contributed by atoms with Crippen LogP contribution in [0.3, 0.4) is 0 Å². The smallest absolute Gasteiger partial charge is 0.335 e. The molecule has 1 aromatic heterocycles. The van der Waals surface area contributed by atoms with E-state index in [1.807, 2.05) is 0 Å². The molecule has 8 nitrogen and oxygen atoms in total. The van der Waals surface area contributed by atoms with Gasteiger partial charge in [-0.05, 0) is 31.5 Å². The van der Waals surface area contributed by atoms with Crippen molar-refractivity contribution < 1.29 is 18.3 Å². The minimum atomic E-state index is -3.98. The van der Waals surface area contributed by atoms with Crippen LogP contribution in [0.4, 0.5) is 0 Å². The standard InChI is InChI=1S/C12H13ClN4O4S/c1-6-9(13)3-8(12(18)19)4-10(6)22(20,21)17-7(2)11-14-5-15-16-11/h3-5,7,17H,1-2H3,(H,18,19)(H,14,15,16). The maximum atomic E-state index is 12.5. The van der Waals surface area contributed by atoms with Crippen LogP contribution < -0.4 is 4.72 Å². The number of benzene rings is 1. The molecule has 0 saturated carbocycles. The topological polar surface area (TPSA) is 125 Å². The molecule has 1 atom stereocenters. The summed E-state index contributed by atoms with van der Waals surface area (Å²) >= 11 is 5.92. The average Bonchev–Trinajstić information content (AvgIpc) is 2.94. The van der Waals surface area contributed by atoms with Crippen LogP contribution in [0.2, 0.25) is 5.02 Å². The summed E-state index contributed by atoms with van der Waals surface area (Å²) in [6, 6.07) is 1.61. The zero-order chi connectivity index (χ0) is 16.5. The quantitative estimate of drug-likeness (QED) is 0.754. The van der Waals surface area contributed by atoms with E-state index in [2.05, 4.69) is 19.9 Å². The van der Waals surface area contributed by atoms with E-state index >= 15 is 0 Å². The molecule has 1 aromatic carbocycles. The largest absolute Gasteiger partial charge is 0.478 e. The van der Waals surface area contributed by atoms with E-state index in [-0.39, 0.29) is 21.0 Å². The highest BCUT2D eigenvalue weighted by Gasteiger charge is 2.24. The summed E-state index contributed by atoms with van der Waals surface area (Å²) in [5, 5.41) is 15.3. The Labute approximate surface area is 131 Å². The number of carboxylic acid groups (broad SMARTS) is 1. The Morgan fingerprint density at radius 3 is 2.68 bits per heavy atom. The molecular formula is C12H13ClN4O4S. The van der Waals surface area contributed by atoms with Crippen molar-refractivity contribution >= 4 is 27.6 Å². The van der Waals surface area contributed by atoms with Crippen LogP contribution >= 0.6 is 11.6 Å². The molecule has 0 spiro atoms. The number of aromatic nitrogens is 3. The first-order valence-electron chi connectivity index (χ1n) is 6.13. The molecule has 2 aromatic rings. The second-order valence-corrected chi connectivity index (χ2v) is 6.69. The van der Waals surface area contributed by atoms with Crippen molar-refractivity contribution in [3.63, 3.8) is 0 Å². The first kappa shape index (κ1) is 16.4. The Hall–Kier alpha value is -1.97. The first-order valence-corrected chi connectivity index (χ1v) is 7.99. The van der Waals surface area contributed by atoms with Gasteiger partial charge in [0.2, 0.25) is 10.0 Å². The van der Waals surface area contributed by atoms with Crippen molar-refractivity contribution in [2.24, 2.45) is 0 Å². The number of carbonyl (C=O) groups is 1. The van der Waals surface area contributed by atoms with Crippen LogP contribution in [0.25, 0.3) is 0 Å². The summed E-state index contributed by atoms with van der Waals surface area (Å²) in [5.41, 5.74) is 0.0622. The molecule has 22 heavy (non-hydrogen) atoms. The number of hydrogen-bond donors (Lipinski definition) is 3. The van der Waals surface area contributed by atoms with Gasteiger partial charge in [-0.3, -0.25) is 5.10 Å². The van der Waals surface area contributed by atoms with E-state index in [4.69, 9.17) is 16.7 Å². The van der Waals surface area contributed by atoms with Crippen molar-refractivity contribution in [3.8, 4) is 0 Å². The van der Waals surface area contributed by atoms with Gasteiger partial charge < -0.3 is 5.11 Å². The molecular weight excluding hydrogens is 332 g/mol. The predicted octanol–water partition coefficient (Wildman–Crippen LogP) is 1.50. The van der Waals surface area contributed by atoms with Crippen molar-refractivity contribution in [3.05, 3.63) is 40.4 Å². The summed E-state index contributed by atoms with van der Waals surface area (Å²) in [5.74, 6) is -0.927. The molecule has 0 saturated heterocycles. The van der Waals surface area contributed by atoms with E-state index in [0.717, 1.165) is 6.07 Å². The highest BCUT2D eigenvalue weighted by molar-refractivity contribution is 7.89. The van der Waals surface area contributed by atoms with Crippen LogP contribution in [0.5, 0.6) is 0 Å². The van der Waals surface area contributed by atoms with Crippen molar-refractivity contribution in [2.75, 3.05) is 0 Å². The SMILES string of the molecule is Cc1c(Cl)cc(C(=O)O)cc1S(=O)(=O)NC(C)c1ncn[nH]1. The minimum absolute atomic E-state index is 0.0626. The third-order valence-electron chi connectivity index (χ3n) is 3.01. The number of aromatic carboxylic acids is 1. The van der Waals surface area contributed by atoms with Gasteiger partial charge in [-0.1, -0.05) is 11.6 Å². The molecule has 0 amide bonds. The van der Waals surface area contributed by atoms with Gasteiger partial charge in [-0.2, -0.15) is 5.10 Å². The number of rotatable bonds is 5. The number of sulfonamides is 1. The number of aromatic amines is 1. The molecule has 1 heterocycles. The summed E-state index contributed by atoms with van der Waals surface area (Å²) in [6.45, 7) is 3.08. The molecule has 1 unspecified atom stereocenters. The maximum Gasteiger partial charge on any atom is 0.335 e. The fourth-order valence-corrected chi connectivity index (χ4v) is 3.61. The Balaban J connectivity index is 2.43. The Morgan fingerprint density at radius 2 is 2.14 bits per heavy atom. The fraction of sp³-hybridized carbons (Fsp3) is 0.250. The Bertz CT molecular complexity index is 805. The second kappa shape index (κ2) is 6.03. The molecule has 0 radical (unpaired) electrons. The van der Waals surface area contributed by atoms with Crippen LogP contribution in [-0.4, -0.2) is 34.7 Å². The van der Waals surface area contributed by atoms with Crippen LogP contribution in [0, 0.1) is 6.92 Å². The van der Waals surface area contributed by atoms with Crippen molar-refractivity contribution in [1.29, 1.82) is 0 Å². The lowest BCUT2D eigenvalue weighted by Crippen LogP contribution is -2.28. The molecule has 0 aliphatic carbocycles. The minimum Gasteiger partial charge on any atom is -0.478 e. The molecule has 0 aliphatic rings. The van der Waals surface area contributed by atoms with E-state index in [1.54, 1.807) is 6.92 Å². The van der Waals surface area contributed by atoms with Gasteiger partial charge in [-0.15, -0.1) is 0 Å². The summed E-state index contributed by atoms with van der Waals surface area (Å²) in [4.78, 5) is 14.7.